The molecule has 1 saturated heterocycles. The van der Waals surface area contributed by atoms with Gasteiger partial charge in [0, 0.05) is 45.7 Å². The fraction of sp³-hybridized carbons (Fsp3) is 0.625. The molecule has 132 valence electrons. The van der Waals surface area contributed by atoms with Crippen molar-refractivity contribution < 1.29 is 19.4 Å². The second kappa shape index (κ2) is 8.05. The summed E-state index contributed by atoms with van der Waals surface area (Å²) < 4.78 is 5.03. The first-order valence-electron chi connectivity index (χ1n) is 8.01. The summed E-state index contributed by atoms with van der Waals surface area (Å²) in [6.45, 7) is 1.14. The number of nitrogens with one attached hydrogen (secondary N) is 1. The highest BCUT2D eigenvalue weighted by atomic mass is 16.5. The number of aryl methyl sites for hydroxylation is 1. The number of likely N-dealkylation sites (tertiary alicyclic amines) is 1. The Morgan fingerprint density at radius 3 is 2.88 bits per heavy atom. The number of aromatic nitrogens is 2. The monoisotopic (exact) mass is 337 g/mol. The number of carbonyl (C=O) groups excluding carboxylic acids is 1. The number of aliphatic carboxylic acids is 1. The molecule has 1 amide bonds. The van der Waals surface area contributed by atoms with E-state index in [-0.39, 0.29) is 24.4 Å². The number of nitrogens with zero attached hydrogens (tertiary/aromatic N) is 2. The SMILES string of the molecule is COCCC1(C(=O)O)CCCN(C(=O)CCc2ccc(=O)[nH]n2)C1. The van der Waals surface area contributed by atoms with E-state index in [4.69, 9.17) is 4.74 Å². The molecule has 0 aromatic carbocycles. The van der Waals surface area contributed by atoms with Gasteiger partial charge in [-0.2, -0.15) is 5.10 Å². The number of ether oxygens (including phenoxy) is 1. The van der Waals surface area contributed by atoms with Crippen molar-refractivity contribution in [1.82, 2.24) is 15.1 Å². The summed E-state index contributed by atoms with van der Waals surface area (Å²) in [6.07, 6.45) is 2.25. The number of methoxy groups -OCH3 is 1. The number of rotatable bonds is 7. The smallest absolute Gasteiger partial charge is 0.311 e. The van der Waals surface area contributed by atoms with Gasteiger partial charge in [-0.1, -0.05) is 0 Å². The molecule has 1 aromatic heterocycles. The average molecular weight is 337 g/mol. The van der Waals surface area contributed by atoms with Crippen LogP contribution in [-0.4, -0.2) is 58.9 Å². The highest BCUT2D eigenvalue weighted by molar-refractivity contribution is 5.79. The molecule has 2 heterocycles. The molecule has 1 fully saturated rings. The van der Waals surface area contributed by atoms with Gasteiger partial charge in [0.1, 0.15) is 0 Å². The summed E-state index contributed by atoms with van der Waals surface area (Å²) in [4.78, 5) is 36.7. The van der Waals surface area contributed by atoms with Crippen LogP contribution in [0.15, 0.2) is 16.9 Å². The van der Waals surface area contributed by atoms with E-state index >= 15 is 0 Å². The summed E-state index contributed by atoms with van der Waals surface area (Å²) in [6, 6.07) is 2.95. The minimum absolute atomic E-state index is 0.0919. The Labute approximate surface area is 139 Å². The van der Waals surface area contributed by atoms with E-state index in [9.17, 15) is 19.5 Å². The molecule has 0 aliphatic carbocycles. The van der Waals surface area contributed by atoms with Crippen molar-refractivity contribution in [3.8, 4) is 0 Å². The Kier molecular flexibility index (Phi) is 6.08. The Morgan fingerprint density at radius 1 is 1.46 bits per heavy atom. The molecule has 8 heteroatoms. The van der Waals surface area contributed by atoms with Crippen molar-refractivity contribution in [2.45, 2.75) is 32.1 Å². The first-order valence-corrected chi connectivity index (χ1v) is 8.01. The van der Waals surface area contributed by atoms with Crippen LogP contribution >= 0.6 is 0 Å². The molecule has 8 nitrogen and oxygen atoms in total. The van der Waals surface area contributed by atoms with E-state index in [2.05, 4.69) is 10.2 Å². The number of aromatic amines is 1. The van der Waals surface area contributed by atoms with Crippen molar-refractivity contribution in [2.24, 2.45) is 5.41 Å². The Morgan fingerprint density at radius 2 is 2.25 bits per heavy atom. The lowest BCUT2D eigenvalue weighted by Crippen LogP contribution is -2.50. The largest absolute Gasteiger partial charge is 0.481 e. The molecule has 0 saturated carbocycles. The van der Waals surface area contributed by atoms with Gasteiger partial charge in [0.15, 0.2) is 0 Å². The van der Waals surface area contributed by atoms with E-state index in [0.29, 0.717) is 44.5 Å². The molecule has 24 heavy (non-hydrogen) atoms. The molecule has 2 rings (SSSR count). The van der Waals surface area contributed by atoms with Crippen LogP contribution in [0, 0.1) is 5.41 Å². The minimum atomic E-state index is -0.930. The third kappa shape index (κ3) is 4.41. The predicted molar refractivity (Wildman–Crippen MR) is 85.6 cm³/mol. The Hall–Kier alpha value is -2.22. The predicted octanol–water partition coefficient (Wildman–Crippen LogP) is 0.432. The Bertz CT molecular complexity index is 624. The molecule has 1 aliphatic heterocycles. The molecule has 0 radical (unpaired) electrons. The second-order valence-electron chi connectivity index (χ2n) is 6.16. The third-order valence-electron chi connectivity index (χ3n) is 4.50. The average Bonchev–Trinajstić information content (AvgIpc) is 2.59. The maximum absolute atomic E-state index is 12.4. The van der Waals surface area contributed by atoms with Crippen molar-refractivity contribution in [1.29, 1.82) is 0 Å². The van der Waals surface area contributed by atoms with Crippen LogP contribution in [-0.2, 0) is 20.7 Å². The summed E-state index contributed by atoms with van der Waals surface area (Å²) in [7, 11) is 1.54. The van der Waals surface area contributed by atoms with Gasteiger partial charge in [0.05, 0.1) is 11.1 Å². The quantitative estimate of drug-likeness (QED) is 0.746. The lowest BCUT2D eigenvalue weighted by Gasteiger charge is -2.40. The van der Waals surface area contributed by atoms with Crippen LogP contribution in [0.5, 0.6) is 0 Å². The third-order valence-corrected chi connectivity index (χ3v) is 4.50. The maximum Gasteiger partial charge on any atom is 0.311 e. The van der Waals surface area contributed by atoms with Gasteiger partial charge in [-0.25, -0.2) is 5.10 Å². The maximum atomic E-state index is 12.4. The normalized spacial score (nSPS) is 20.8. The number of hydrogen-bond donors (Lipinski definition) is 2. The number of hydrogen-bond acceptors (Lipinski definition) is 5. The van der Waals surface area contributed by atoms with Crippen LogP contribution in [0.1, 0.15) is 31.4 Å². The van der Waals surface area contributed by atoms with Crippen LogP contribution < -0.4 is 5.56 Å². The van der Waals surface area contributed by atoms with Crippen molar-refractivity contribution in [3.05, 3.63) is 28.2 Å². The first kappa shape index (κ1) is 18.1. The molecule has 2 N–H and O–H groups in total. The molecule has 1 aliphatic rings. The minimum Gasteiger partial charge on any atom is -0.481 e. The summed E-state index contributed by atoms with van der Waals surface area (Å²) in [5.41, 5.74) is -0.588. The van der Waals surface area contributed by atoms with Gasteiger partial charge in [0.25, 0.3) is 5.56 Å². The van der Waals surface area contributed by atoms with E-state index in [1.165, 1.54) is 6.07 Å². The highest BCUT2D eigenvalue weighted by Crippen LogP contribution is 2.34. The van der Waals surface area contributed by atoms with Gasteiger partial charge < -0.3 is 14.7 Å². The summed E-state index contributed by atoms with van der Waals surface area (Å²) in [5.74, 6) is -0.968. The molecule has 1 unspecified atom stereocenters. The number of piperidine rings is 1. The zero-order valence-corrected chi connectivity index (χ0v) is 13.8. The second-order valence-corrected chi connectivity index (χ2v) is 6.16. The number of H-pyrrole nitrogens is 1. The topological polar surface area (TPSA) is 113 Å². The zero-order chi connectivity index (χ0) is 17.6. The van der Waals surface area contributed by atoms with Crippen LogP contribution in [0.4, 0.5) is 0 Å². The number of carbonyl (C=O) groups is 2. The standard InChI is InChI=1S/C16H23N3O5/c1-24-10-8-16(15(22)23)7-2-9-19(11-16)14(21)6-4-12-3-5-13(20)18-17-12/h3,5H,2,4,6-11H2,1H3,(H,18,20)(H,22,23). The molecule has 1 aromatic rings. The van der Waals surface area contributed by atoms with Crippen molar-refractivity contribution in [2.75, 3.05) is 26.8 Å². The Balaban J connectivity index is 1.97. The fourth-order valence-corrected chi connectivity index (χ4v) is 3.03. The lowest BCUT2D eigenvalue weighted by atomic mass is 9.77. The molecular weight excluding hydrogens is 314 g/mol. The van der Waals surface area contributed by atoms with Crippen LogP contribution in [0.25, 0.3) is 0 Å². The van der Waals surface area contributed by atoms with Gasteiger partial charge in [-0.05, 0) is 25.3 Å². The molecule has 0 bridgehead atoms. The van der Waals surface area contributed by atoms with Gasteiger partial charge >= 0.3 is 5.97 Å². The van der Waals surface area contributed by atoms with Crippen molar-refractivity contribution >= 4 is 11.9 Å². The molecule has 1 atom stereocenters. The number of carboxylic acids is 1. The lowest BCUT2D eigenvalue weighted by molar-refractivity contribution is -0.156. The van der Waals surface area contributed by atoms with E-state index in [0.717, 1.165) is 0 Å². The van der Waals surface area contributed by atoms with E-state index in [1.54, 1.807) is 18.1 Å². The fourth-order valence-electron chi connectivity index (χ4n) is 3.03. The van der Waals surface area contributed by atoms with E-state index < -0.39 is 11.4 Å². The summed E-state index contributed by atoms with van der Waals surface area (Å²) in [5, 5.41) is 15.8. The van der Waals surface area contributed by atoms with Crippen LogP contribution in [0.2, 0.25) is 0 Å². The van der Waals surface area contributed by atoms with Gasteiger partial charge in [-0.15, -0.1) is 0 Å². The molecule has 0 spiro atoms. The van der Waals surface area contributed by atoms with Crippen molar-refractivity contribution in [3.63, 3.8) is 0 Å². The first-order chi connectivity index (χ1) is 11.5. The zero-order valence-electron chi connectivity index (χ0n) is 13.8. The van der Waals surface area contributed by atoms with E-state index in [1.807, 2.05) is 0 Å². The molecular formula is C16H23N3O5. The van der Waals surface area contributed by atoms with Gasteiger partial charge in [-0.3, -0.25) is 14.4 Å². The van der Waals surface area contributed by atoms with Gasteiger partial charge in [0.2, 0.25) is 5.91 Å². The summed E-state index contributed by atoms with van der Waals surface area (Å²) >= 11 is 0. The number of amides is 1. The number of carboxylic acid groups (broad SMARTS) is 1. The van der Waals surface area contributed by atoms with Crippen LogP contribution in [0.3, 0.4) is 0 Å². The highest BCUT2D eigenvalue weighted by Gasteiger charge is 2.43.